The van der Waals surface area contributed by atoms with Crippen LogP contribution in [0.2, 0.25) is 0 Å². The van der Waals surface area contributed by atoms with Gasteiger partial charge in [0.2, 0.25) is 0 Å². The fourth-order valence-corrected chi connectivity index (χ4v) is 8.09. The number of rotatable bonds is 46. The molecule has 0 aliphatic heterocycles. The molecule has 56 heavy (non-hydrogen) atoms. The van der Waals surface area contributed by atoms with Crippen LogP contribution in [0.25, 0.3) is 0 Å². The number of ether oxygens (including phenoxy) is 2. The van der Waals surface area contributed by atoms with Crippen molar-refractivity contribution in [3.05, 3.63) is 0 Å². The van der Waals surface area contributed by atoms with Gasteiger partial charge in [-0.3, -0.25) is 18.6 Å². The summed E-state index contributed by atoms with van der Waals surface area (Å²) in [5, 5.41) is 0. The summed E-state index contributed by atoms with van der Waals surface area (Å²) in [6, 6.07) is 0. The topological polar surface area (TPSA) is 108 Å². The van der Waals surface area contributed by atoms with Crippen molar-refractivity contribution in [1.82, 2.24) is 0 Å². The average Bonchev–Trinajstić information content (AvgIpc) is 3.18. The van der Waals surface area contributed by atoms with Gasteiger partial charge >= 0.3 is 19.8 Å². The van der Waals surface area contributed by atoms with E-state index in [1.165, 1.54) is 193 Å². The molecule has 0 aromatic carbocycles. The second-order valence-corrected chi connectivity index (χ2v) is 18.0. The molecule has 0 heterocycles. The van der Waals surface area contributed by atoms with Crippen LogP contribution < -0.4 is 0 Å². The first-order valence-corrected chi connectivity index (χ1v) is 25.8. The lowest BCUT2D eigenvalue weighted by Crippen LogP contribution is -2.29. The third kappa shape index (κ3) is 42.7. The molecule has 0 saturated heterocycles. The number of phosphoric ester groups is 1. The van der Waals surface area contributed by atoms with Crippen LogP contribution in [0.15, 0.2) is 0 Å². The van der Waals surface area contributed by atoms with Gasteiger partial charge in [0.1, 0.15) is 6.61 Å². The predicted octanol–water partition coefficient (Wildman–Crippen LogP) is 15.5. The first kappa shape index (κ1) is 55.0. The molecule has 2 unspecified atom stereocenters. The molecule has 2 atom stereocenters. The van der Waals surface area contributed by atoms with Crippen LogP contribution in [0.5, 0.6) is 0 Å². The van der Waals surface area contributed by atoms with Crippen LogP contribution in [0, 0.1) is 0 Å². The second-order valence-electron chi connectivity index (χ2n) is 16.5. The lowest BCUT2D eigenvalue weighted by Gasteiger charge is -2.19. The van der Waals surface area contributed by atoms with E-state index in [0.717, 1.165) is 38.5 Å². The van der Waals surface area contributed by atoms with Crippen molar-refractivity contribution in [2.24, 2.45) is 0 Å². The molecule has 9 heteroatoms. The Kier molecular flexibility index (Phi) is 42.9. The van der Waals surface area contributed by atoms with Crippen LogP contribution in [0.3, 0.4) is 0 Å². The highest BCUT2D eigenvalue weighted by Crippen LogP contribution is 2.43. The summed E-state index contributed by atoms with van der Waals surface area (Å²) in [5.74, 6) is -0.777. The van der Waals surface area contributed by atoms with Crippen molar-refractivity contribution in [3.63, 3.8) is 0 Å². The molecule has 0 saturated carbocycles. The maximum atomic E-state index is 12.6. The summed E-state index contributed by atoms with van der Waals surface area (Å²) in [6.07, 6.45) is 45.9. The fourth-order valence-electron chi connectivity index (χ4n) is 7.34. The quantitative estimate of drug-likeness (QED) is 0.0368. The van der Waals surface area contributed by atoms with E-state index in [2.05, 4.69) is 13.8 Å². The van der Waals surface area contributed by atoms with E-state index < -0.39 is 19.9 Å². The number of carbonyl (C=O) groups excluding carboxylic acids is 2. The van der Waals surface area contributed by atoms with Gasteiger partial charge in [-0.2, -0.15) is 0 Å². The van der Waals surface area contributed by atoms with Crippen molar-refractivity contribution < 1.29 is 37.6 Å². The van der Waals surface area contributed by atoms with Crippen molar-refractivity contribution in [2.45, 2.75) is 271 Å². The van der Waals surface area contributed by atoms with Crippen LogP contribution in [-0.4, -0.2) is 42.8 Å². The van der Waals surface area contributed by atoms with Crippen molar-refractivity contribution in [3.8, 4) is 0 Å². The molecule has 0 radical (unpaired) electrons. The van der Waals surface area contributed by atoms with Gasteiger partial charge in [-0.05, 0) is 19.8 Å². The average molecular weight is 817 g/mol. The molecule has 8 nitrogen and oxygen atoms in total. The third-order valence-electron chi connectivity index (χ3n) is 10.9. The van der Waals surface area contributed by atoms with E-state index in [1.807, 2.05) is 0 Å². The first-order chi connectivity index (χ1) is 27.3. The van der Waals surface area contributed by atoms with Gasteiger partial charge in [0.05, 0.1) is 13.2 Å². The Labute approximate surface area is 347 Å². The predicted molar refractivity (Wildman–Crippen MR) is 235 cm³/mol. The maximum Gasteiger partial charge on any atom is 0.472 e. The maximum absolute atomic E-state index is 12.6. The summed E-state index contributed by atoms with van der Waals surface area (Å²) in [4.78, 5) is 34.8. The van der Waals surface area contributed by atoms with E-state index in [-0.39, 0.29) is 32.2 Å². The number of carbonyl (C=O) groups is 2. The lowest BCUT2D eigenvalue weighted by molar-refractivity contribution is -0.161. The Morgan fingerprint density at radius 3 is 1.00 bits per heavy atom. The third-order valence-corrected chi connectivity index (χ3v) is 12.0. The Morgan fingerprint density at radius 2 is 0.696 bits per heavy atom. The molecular weight excluding hydrogens is 723 g/mol. The molecule has 0 rings (SSSR count). The van der Waals surface area contributed by atoms with Crippen LogP contribution in [-0.2, 0) is 32.7 Å². The Hall–Kier alpha value is -0.950. The first-order valence-electron chi connectivity index (χ1n) is 24.3. The molecule has 0 fully saturated rings. The zero-order valence-electron chi connectivity index (χ0n) is 37.3. The molecule has 0 aromatic rings. The SMILES string of the molecule is CCCCCCCCCCCCCCCCCCCCCCCCC(=O)OC(COC(=O)CCCCCCCCCCCCCCCC)COP(=O)(O)OCC. The fraction of sp³-hybridized carbons (Fsp3) is 0.957. The van der Waals surface area contributed by atoms with Gasteiger partial charge in [0.15, 0.2) is 6.10 Å². The minimum absolute atomic E-state index is 0.00587. The van der Waals surface area contributed by atoms with Crippen LogP contribution in [0.4, 0.5) is 0 Å². The number of hydrogen-bond acceptors (Lipinski definition) is 7. The normalized spacial score (nSPS) is 13.1. The van der Waals surface area contributed by atoms with E-state index in [4.69, 9.17) is 18.5 Å². The highest BCUT2D eigenvalue weighted by atomic mass is 31.2. The molecule has 0 spiro atoms. The molecule has 0 amide bonds. The summed E-state index contributed by atoms with van der Waals surface area (Å²) < 4.78 is 32.7. The van der Waals surface area contributed by atoms with E-state index in [9.17, 15) is 19.0 Å². The molecule has 0 aliphatic rings. The molecule has 0 aliphatic carbocycles. The smallest absolute Gasteiger partial charge is 0.462 e. The van der Waals surface area contributed by atoms with Crippen molar-refractivity contribution in [2.75, 3.05) is 19.8 Å². The van der Waals surface area contributed by atoms with Crippen molar-refractivity contribution >= 4 is 19.8 Å². The minimum Gasteiger partial charge on any atom is -0.462 e. The number of esters is 2. The number of phosphoric acid groups is 1. The Bertz CT molecular complexity index is 884. The van der Waals surface area contributed by atoms with Crippen molar-refractivity contribution in [1.29, 1.82) is 0 Å². The van der Waals surface area contributed by atoms with E-state index in [1.54, 1.807) is 6.92 Å². The Balaban J connectivity index is 3.93. The van der Waals surface area contributed by atoms with Gasteiger partial charge in [0, 0.05) is 12.8 Å². The minimum atomic E-state index is -4.27. The largest absolute Gasteiger partial charge is 0.472 e. The highest BCUT2D eigenvalue weighted by Gasteiger charge is 2.25. The Morgan fingerprint density at radius 1 is 0.411 bits per heavy atom. The van der Waals surface area contributed by atoms with Gasteiger partial charge in [0.25, 0.3) is 0 Å². The molecule has 1 N–H and O–H groups in total. The molecular formula is C47H93O8P. The zero-order chi connectivity index (χ0) is 41.1. The highest BCUT2D eigenvalue weighted by molar-refractivity contribution is 7.47. The zero-order valence-corrected chi connectivity index (χ0v) is 38.2. The summed E-state index contributed by atoms with van der Waals surface area (Å²) >= 11 is 0. The van der Waals surface area contributed by atoms with E-state index in [0.29, 0.717) is 6.42 Å². The molecule has 0 aromatic heterocycles. The molecule has 334 valence electrons. The summed E-state index contributed by atoms with van der Waals surface area (Å²) in [6.45, 7) is 5.54. The summed E-state index contributed by atoms with van der Waals surface area (Å²) in [5.41, 5.74) is 0. The number of hydrogen-bond donors (Lipinski definition) is 1. The van der Waals surface area contributed by atoms with Gasteiger partial charge in [-0.25, -0.2) is 4.57 Å². The van der Waals surface area contributed by atoms with Crippen LogP contribution in [0.1, 0.15) is 265 Å². The van der Waals surface area contributed by atoms with Crippen LogP contribution >= 0.6 is 7.82 Å². The monoisotopic (exact) mass is 817 g/mol. The lowest BCUT2D eigenvalue weighted by atomic mass is 10.0. The standard InChI is InChI=1S/C47H93O8P/c1-4-7-9-11-13-15-17-19-21-22-23-24-25-26-27-28-30-32-34-36-38-40-42-47(49)55-45(44-54-56(50,51)53-6-3)43-52-46(48)41-39-37-35-33-31-29-20-18-16-14-12-10-8-5-2/h45H,4-44H2,1-3H3,(H,50,51). The molecule has 0 bridgehead atoms. The number of unbranched alkanes of at least 4 members (excludes halogenated alkanes) is 34. The van der Waals surface area contributed by atoms with E-state index >= 15 is 0 Å². The summed E-state index contributed by atoms with van der Waals surface area (Å²) in [7, 11) is -4.27. The second kappa shape index (κ2) is 43.6. The van der Waals surface area contributed by atoms with Gasteiger partial charge < -0.3 is 14.4 Å². The van der Waals surface area contributed by atoms with Gasteiger partial charge in [-0.1, -0.05) is 232 Å². The van der Waals surface area contributed by atoms with Gasteiger partial charge in [-0.15, -0.1) is 0 Å².